The lowest BCUT2D eigenvalue weighted by Gasteiger charge is -2.12. The first-order valence-electron chi connectivity index (χ1n) is 6.87. The number of hydrogen-bond acceptors (Lipinski definition) is 2. The molecule has 0 aliphatic heterocycles. The van der Waals surface area contributed by atoms with E-state index in [1.807, 2.05) is 56.3 Å². The van der Waals surface area contributed by atoms with Crippen LogP contribution in [0.15, 0.2) is 42.5 Å². The fraction of sp³-hybridized carbons (Fsp3) is 0.235. The molecule has 21 heavy (non-hydrogen) atoms. The Labute approximate surface area is 130 Å². The van der Waals surface area contributed by atoms with E-state index in [1.165, 1.54) is 0 Å². The number of anilines is 1. The van der Waals surface area contributed by atoms with Crippen molar-refractivity contribution < 1.29 is 4.79 Å². The molecule has 0 spiro atoms. The largest absolute Gasteiger partial charge is 0.375 e. The van der Waals surface area contributed by atoms with Gasteiger partial charge in [-0.2, -0.15) is 0 Å². The molecular formula is C17H19ClN2O. The highest BCUT2D eigenvalue weighted by Gasteiger charge is 2.07. The SMILES string of the molecule is Cc1cc(C)c(NCC(=O)NCc2ccccc2)c(Cl)c1. The molecule has 0 aromatic heterocycles. The number of amides is 1. The van der Waals surface area contributed by atoms with E-state index in [-0.39, 0.29) is 12.5 Å². The maximum Gasteiger partial charge on any atom is 0.239 e. The number of carbonyl (C=O) groups excluding carboxylic acids is 1. The lowest BCUT2D eigenvalue weighted by molar-refractivity contribution is -0.119. The highest BCUT2D eigenvalue weighted by Crippen LogP contribution is 2.26. The molecular weight excluding hydrogens is 284 g/mol. The summed E-state index contributed by atoms with van der Waals surface area (Å²) < 4.78 is 0. The molecule has 0 radical (unpaired) electrons. The van der Waals surface area contributed by atoms with Gasteiger partial charge >= 0.3 is 0 Å². The molecule has 1 amide bonds. The van der Waals surface area contributed by atoms with Crippen LogP contribution in [0.3, 0.4) is 0 Å². The summed E-state index contributed by atoms with van der Waals surface area (Å²) in [5.74, 6) is -0.0603. The lowest BCUT2D eigenvalue weighted by Crippen LogP contribution is -2.29. The van der Waals surface area contributed by atoms with Gasteiger partial charge in [0.05, 0.1) is 17.3 Å². The molecule has 4 heteroatoms. The number of hydrogen-bond donors (Lipinski definition) is 2. The molecule has 0 fully saturated rings. The highest BCUT2D eigenvalue weighted by atomic mass is 35.5. The van der Waals surface area contributed by atoms with Crippen molar-refractivity contribution in [2.45, 2.75) is 20.4 Å². The van der Waals surface area contributed by atoms with E-state index in [1.54, 1.807) is 0 Å². The van der Waals surface area contributed by atoms with E-state index in [0.29, 0.717) is 11.6 Å². The molecule has 0 heterocycles. The Kier molecular flexibility index (Phi) is 5.23. The minimum atomic E-state index is -0.0603. The van der Waals surface area contributed by atoms with Crippen LogP contribution in [0.25, 0.3) is 0 Å². The zero-order chi connectivity index (χ0) is 15.2. The summed E-state index contributed by atoms with van der Waals surface area (Å²) >= 11 is 6.20. The first-order valence-corrected chi connectivity index (χ1v) is 7.25. The van der Waals surface area contributed by atoms with E-state index < -0.39 is 0 Å². The smallest absolute Gasteiger partial charge is 0.239 e. The third-order valence-corrected chi connectivity index (χ3v) is 3.49. The fourth-order valence-electron chi connectivity index (χ4n) is 2.17. The lowest BCUT2D eigenvalue weighted by atomic mass is 10.1. The minimum Gasteiger partial charge on any atom is -0.375 e. The number of halogens is 1. The Bertz CT molecular complexity index is 603. The van der Waals surface area contributed by atoms with E-state index in [2.05, 4.69) is 10.6 Å². The standard InChI is InChI=1S/C17H19ClN2O/c1-12-8-13(2)17(15(18)9-12)20-11-16(21)19-10-14-6-4-3-5-7-14/h3-9,20H,10-11H2,1-2H3,(H,19,21). The predicted octanol–water partition coefficient (Wildman–Crippen LogP) is 3.69. The van der Waals surface area contributed by atoms with E-state index in [0.717, 1.165) is 22.4 Å². The third-order valence-electron chi connectivity index (χ3n) is 3.19. The first kappa shape index (κ1) is 15.4. The summed E-state index contributed by atoms with van der Waals surface area (Å²) in [4.78, 5) is 11.9. The quantitative estimate of drug-likeness (QED) is 0.884. The van der Waals surface area contributed by atoms with Crippen molar-refractivity contribution in [3.05, 3.63) is 64.2 Å². The van der Waals surface area contributed by atoms with Gasteiger partial charge in [-0.15, -0.1) is 0 Å². The summed E-state index contributed by atoms with van der Waals surface area (Å²) in [6.07, 6.45) is 0. The number of benzene rings is 2. The summed E-state index contributed by atoms with van der Waals surface area (Å²) in [6, 6.07) is 13.7. The van der Waals surface area contributed by atoms with Gasteiger partial charge in [0.15, 0.2) is 0 Å². The summed E-state index contributed by atoms with van der Waals surface area (Å²) in [6.45, 7) is 4.71. The monoisotopic (exact) mass is 302 g/mol. The first-order chi connectivity index (χ1) is 10.1. The average Bonchev–Trinajstić information content (AvgIpc) is 2.45. The normalized spacial score (nSPS) is 10.2. The molecule has 0 saturated heterocycles. The molecule has 2 aromatic rings. The van der Waals surface area contributed by atoms with Crippen LogP contribution in [0.4, 0.5) is 5.69 Å². The van der Waals surface area contributed by atoms with Gasteiger partial charge in [0.1, 0.15) is 0 Å². The van der Waals surface area contributed by atoms with E-state index >= 15 is 0 Å². The molecule has 2 aromatic carbocycles. The van der Waals surface area contributed by atoms with Crippen LogP contribution < -0.4 is 10.6 Å². The van der Waals surface area contributed by atoms with Crippen LogP contribution in [-0.4, -0.2) is 12.5 Å². The molecule has 0 aliphatic carbocycles. The predicted molar refractivity (Wildman–Crippen MR) is 87.7 cm³/mol. The number of nitrogens with one attached hydrogen (secondary N) is 2. The summed E-state index contributed by atoms with van der Waals surface area (Å²) in [7, 11) is 0. The topological polar surface area (TPSA) is 41.1 Å². The van der Waals surface area contributed by atoms with Crippen molar-refractivity contribution in [1.29, 1.82) is 0 Å². The molecule has 0 unspecified atom stereocenters. The van der Waals surface area contributed by atoms with Crippen LogP contribution in [0.5, 0.6) is 0 Å². The Morgan fingerprint density at radius 2 is 1.86 bits per heavy atom. The van der Waals surface area contributed by atoms with Crippen molar-refractivity contribution in [2.75, 3.05) is 11.9 Å². The third kappa shape index (κ3) is 4.50. The minimum absolute atomic E-state index is 0.0603. The zero-order valence-corrected chi connectivity index (χ0v) is 13.0. The van der Waals surface area contributed by atoms with Crippen LogP contribution >= 0.6 is 11.6 Å². The van der Waals surface area contributed by atoms with Crippen molar-refractivity contribution >= 4 is 23.2 Å². The van der Waals surface area contributed by atoms with E-state index in [4.69, 9.17) is 11.6 Å². The molecule has 0 aliphatic rings. The van der Waals surface area contributed by atoms with Gasteiger partial charge in [-0.25, -0.2) is 0 Å². The second-order valence-electron chi connectivity index (χ2n) is 5.05. The fourth-order valence-corrected chi connectivity index (χ4v) is 2.56. The van der Waals surface area contributed by atoms with Crippen LogP contribution in [0.2, 0.25) is 5.02 Å². The Balaban J connectivity index is 1.87. The maximum atomic E-state index is 11.9. The second kappa shape index (κ2) is 7.14. The Morgan fingerprint density at radius 3 is 2.52 bits per heavy atom. The molecule has 3 nitrogen and oxygen atoms in total. The highest BCUT2D eigenvalue weighted by molar-refractivity contribution is 6.33. The zero-order valence-electron chi connectivity index (χ0n) is 12.2. The van der Waals surface area contributed by atoms with Gasteiger partial charge in [-0.1, -0.05) is 48.0 Å². The number of aryl methyl sites for hydroxylation is 2. The van der Waals surface area contributed by atoms with Crippen LogP contribution in [0, 0.1) is 13.8 Å². The van der Waals surface area contributed by atoms with Gasteiger partial charge in [0, 0.05) is 6.54 Å². The van der Waals surface area contributed by atoms with Crippen LogP contribution in [-0.2, 0) is 11.3 Å². The molecule has 110 valence electrons. The molecule has 2 N–H and O–H groups in total. The summed E-state index contributed by atoms with van der Waals surface area (Å²) in [5.41, 5.74) is 4.04. The number of carbonyl (C=O) groups is 1. The molecule has 2 rings (SSSR count). The van der Waals surface area contributed by atoms with Crippen molar-refractivity contribution in [2.24, 2.45) is 0 Å². The molecule has 0 bridgehead atoms. The van der Waals surface area contributed by atoms with Crippen molar-refractivity contribution in [3.63, 3.8) is 0 Å². The molecule has 0 saturated carbocycles. The van der Waals surface area contributed by atoms with Gasteiger partial charge in [0.25, 0.3) is 0 Å². The maximum absolute atomic E-state index is 11.9. The second-order valence-corrected chi connectivity index (χ2v) is 5.46. The Hall–Kier alpha value is -2.00. The van der Waals surface area contributed by atoms with E-state index in [9.17, 15) is 4.79 Å². The van der Waals surface area contributed by atoms with Gasteiger partial charge in [-0.3, -0.25) is 4.79 Å². The van der Waals surface area contributed by atoms with Gasteiger partial charge < -0.3 is 10.6 Å². The van der Waals surface area contributed by atoms with Gasteiger partial charge in [0.2, 0.25) is 5.91 Å². The van der Waals surface area contributed by atoms with Crippen LogP contribution in [0.1, 0.15) is 16.7 Å². The van der Waals surface area contributed by atoms with Crippen molar-refractivity contribution in [1.82, 2.24) is 5.32 Å². The average molecular weight is 303 g/mol. The van der Waals surface area contributed by atoms with Crippen molar-refractivity contribution in [3.8, 4) is 0 Å². The Morgan fingerprint density at radius 1 is 1.14 bits per heavy atom. The molecule has 0 atom stereocenters. The van der Waals surface area contributed by atoms with Gasteiger partial charge in [-0.05, 0) is 36.6 Å². The number of rotatable bonds is 5. The summed E-state index contributed by atoms with van der Waals surface area (Å²) in [5, 5.41) is 6.62.